The van der Waals surface area contributed by atoms with Crippen molar-refractivity contribution in [3.63, 3.8) is 0 Å². The number of nitrogens with two attached hydrogens (primary N) is 1. The van der Waals surface area contributed by atoms with E-state index >= 15 is 0 Å². The Hall–Kier alpha value is -0.770. The molecule has 1 saturated heterocycles. The van der Waals surface area contributed by atoms with Crippen LogP contribution in [0.4, 0.5) is 0 Å². The van der Waals surface area contributed by atoms with Gasteiger partial charge in [0.25, 0.3) is 0 Å². The van der Waals surface area contributed by atoms with Crippen molar-refractivity contribution < 1.29 is 5.11 Å². The van der Waals surface area contributed by atoms with Gasteiger partial charge in [0, 0.05) is 25.6 Å². The summed E-state index contributed by atoms with van der Waals surface area (Å²) in [6.45, 7) is 1.89. The third-order valence-electron chi connectivity index (χ3n) is 3.97. The number of hydrogen-bond acceptors (Lipinski definition) is 2. The van der Waals surface area contributed by atoms with E-state index < -0.39 is 0 Å². The van der Waals surface area contributed by atoms with E-state index in [9.17, 15) is 5.11 Å². The van der Waals surface area contributed by atoms with Crippen molar-refractivity contribution in [2.75, 3.05) is 19.7 Å². The van der Waals surface area contributed by atoms with Gasteiger partial charge in [0.15, 0.2) is 5.96 Å². The summed E-state index contributed by atoms with van der Waals surface area (Å²) >= 11 is 0. The fourth-order valence-electron chi connectivity index (χ4n) is 3.11. The van der Waals surface area contributed by atoms with E-state index in [1.54, 1.807) is 0 Å². The predicted molar refractivity (Wildman–Crippen MR) is 55.0 cm³/mol. The zero-order valence-electron chi connectivity index (χ0n) is 8.50. The van der Waals surface area contributed by atoms with Crippen LogP contribution in [0.5, 0.6) is 0 Å². The second-order valence-electron chi connectivity index (χ2n) is 4.71. The Morgan fingerprint density at radius 3 is 2.64 bits per heavy atom. The summed E-state index contributed by atoms with van der Waals surface area (Å²) in [4.78, 5) is 1.91. The van der Waals surface area contributed by atoms with Gasteiger partial charge in [-0.05, 0) is 18.3 Å². The minimum atomic E-state index is 0.159. The van der Waals surface area contributed by atoms with Gasteiger partial charge in [-0.15, -0.1) is 0 Å². The molecule has 0 radical (unpaired) electrons. The molecule has 4 N–H and O–H groups in total. The molecular formula is C10H19N3O. The van der Waals surface area contributed by atoms with Gasteiger partial charge in [-0.3, -0.25) is 5.41 Å². The molecule has 1 atom stereocenters. The molecule has 1 saturated carbocycles. The molecule has 1 aliphatic carbocycles. The van der Waals surface area contributed by atoms with Gasteiger partial charge in [0.1, 0.15) is 0 Å². The predicted octanol–water partition coefficient (Wildman–Crippen LogP) is 0.364. The highest BCUT2D eigenvalue weighted by Gasteiger charge is 2.47. The van der Waals surface area contributed by atoms with Crippen molar-refractivity contribution in [2.45, 2.75) is 25.7 Å². The summed E-state index contributed by atoms with van der Waals surface area (Å²) in [5.41, 5.74) is 5.76. The average molecular weight is 197 g/mol. The van der Waals surface area contributed by atoms with Crippen LogP contribution in [0.25, 0.3) is 0 Å². The number of hydrogen-bond donors (Lipinski definition) is 3. The highest BCUT2D eigenvalue weighted by atomic mass is 16.3. The van der Waals surface area contributed by atoms with E-state index in [4.69, 9.17) is 11.1 Å². The van der Waals surface area contributed by atoms with Crippen LogP contribution in [-0.2, 0) is 0 Å². The van der Waals surface area contributed by atoms with Gasteiger partial charge in [-0.1, -0.05) is 12.8 Å². The minimum absolute atomic E-state index is 0.159. The van der Waals surface area contributed by atoms with Gasteiger partial charge < -0.3 is 15.7 Å². The molecule has 1 unspecified atom stereocenters. The molecular weight excluding hydrogens is 178 g/mol. The smallest absolute Gasteiger partial charge is 0.188 e. The van der Waals surface area contributed by atoms with E-state index in [2.05, 4.69) is 0 Å². The maximum Gasteiger partial charge on any atom is 0.188 e. The molecule has 80 valence electrons. The van der Waals surface area contributed by atoms with Crippen LogP contribution in [0.3, 0.4) is 0 Å². The number of likely N-dealkylation sites (tertiary alicyclic amines) is 1. The number of aliphatic hydroxyl groups is 1. The highest BCUT2D eigenvalue weighted by Crippen LogP contribution is 2.48. The number of rotatable bonds is 1. The van der Waals surface area contributed by atoms with Crippen molar-refractivity contribution in [2.24, 2.45) is 17.1 Å². The molecule has 0 amide bonds. The van der Waals surface area contributed by atoms with E-state index in [-0.39, 0.29) is 18.0 Å². The van der Waals surface area contributed by atoms with Gasteiger partial charge in [-0.25, -0.2) is 0 Å². The molecule has 2 aliphatic rings. The first kappa shape index (κ1) is 9.77. The zero-order valence-corrected chi connectivity index (χ0v) is 8.50. The quantitative estimate of drug-likeness (QED) is 0.420. The first-order valence-corrected chi connectivity index (χ1v) is 5.38. The third-order valence-corrected chi connectivity index (χ3v) is 3.97. The monoisotopic (exact) mass is 197 g/mol. The summed E-state index contributed by atoms with van der Waals surface area (Å²) in [7, 11) is 0. The van der Waals surface area contributed by atoms with Crippen molar-refractivity contribution in [1.29, 1.82) is 5.41 Å². The lowest BCUT2D eigenvalue weighted by Crippen LogP contribution is -2.35. The van der Waals surface area contributed by atoms with E-state index in [0.717, 1.165) is 13.1 Å². The van der Waals surface area contributed by atoms with Crippen LogP contribution in [-0.4, -0.2) is 35.7 Å². The molecule has 0 aromatic heterocycles. The fourth-order valence-corrected chi connectivity index (χ4v) is 3.11. The van der Waals surface area contributed by atoms with Crippen molar-refractivity contribution >= 4 is 5.96 Å². The number of nitrogens with zero attached hydrogens (tertiary/aromatic N) is 1. The average Bonchev–Trinajstić information content (AvgIpc) is 2.74. The zero-order chi connectivity index (χ0) is 10.2. The Bertz CT molecular complexity index is 236. The van der Waals surface area contributed by atoms with E-state index in [1.807, 2.05) is 4.90 Å². The first-order chi connectivity index (χ1) is 6.68. The lowest BCUT2D eigenvalue weighted by Gasteiger charge is -2.28. The number of guanidine groups is 1. The lowest BCUT2D eigenvalue weighted by molar-refractivity contribution is 0.137. The first-order valence-electron chi connectivity index (χ1n) is 5.38. The molecule has 14 heavy (non-hydrogen) atoms. The maximum absolute atomic E-state index is 9.35. The van der Waals surface area contributed by atoms with Crippen LogP contribution in [0, 0.1) is 16.7 Å². The molecule has 0 aromatic rings. The van der Waals surface area contributed by atoms with Gasteiger partial charge in [-0.2, -0.15) is 0 Å². The van der Waals surface area contributed by atoms with E-state index in [0.29, 0.717) is 5.92 Å². The summed E-state index contributed by atoms with van der Waals surface area (Å²) in [5.74, 6) is 0.487. The van der Waals surface area contributed by atoms with Crippen LogP contribution in [0.1, 0.15) is 25.7 Å². The topological polar surface area (TPSA) is 73.3 Å². The van der Waals surface area contributed by atoms with Crippen LogP contribution >= 0.6 is 0 Å². The summed E-state index contributed by atoms with van der Waals surface area (Å²) < 4.78 is 0. The Kier molecular flexibility index (Phi) is 2.39. The lowest BCUT2D eigenvalue weighted by atomic mass is 9.77. The van der Waals surface area contributed by atoms with E-state index in [1.165, 1.54) is 25.7 Å². The maximum atomic E-state index is 9.35. The standard InChI is InChI=1S/C10H19N3O/c11-9(12)13-5-8(6-14)10(7-13)3-1-2-4-10/h8,14H,1-7H2,(H3,11,12). The minimum Gasteiger partial charge on any atom is -0.396 e. The second kappa shape index (κ2) is 3.42. The van der Waals surface area contributed by atoms with Crippen LogP contribution in [0.15, 0.2) is 0 Å². The Morgan fingerprint density at radius 2 is 2.14 bits per heavy atom. The number of aliphatic hydroxyl groups excluding tert-OH is 1. The van der Waals surface area contributed by atoms with Gasteiger partial charge >= 0.3 is 0 Å². The molecule has 2 fully saturated rings. The SMILES string of the molecule is N=C(N)N1CC(CO)C2(CCCC2)C1. The van der Waals surface area contributed by atoms with Crippen molar-refractivity contribution in [3.05, 3.63) is 0 Å². The Labute approximate surface area is 84.6 Å². The summed E-state index contributed by atoms with van der Waals surface area (Å²) in [5, 5.41) is 16.8. The van der Waals surface area contributed by atoms with Crippen molar-refractivity contribution in [1.82, 2.24) is 4.90 Å². The van der Waals surface area contributed by atoms with Crippen molar-refractivity contribution in [3.8, 4) is 0 Å². The van der Waals surface area contributed by atoms with Crippen LogP contribution < -0.4 is 5.73 Å². The molecule has 0 aromatic carbocycles. The molecule has 2 rings (SSSR count). The highest BCUT2D eigenvalue weighted by molar-refractivity contribution is 5.75. The molecule has 4 nitrogen and oxygen atoms in total. The Balaban J connectivity index is 2.13. The van der Waals surface area contributed by atoms with Gasteiger partial charge in [0.2, 0.25) is 0 Å². The third kappa shape index (κ3) is 1.38. The summed E-state index contributed by atoms with van der Waals surface area (Å²) in [6, 6.07) is 0. The largest absolute Gasteiger partial charge is 0.396 e. The fraction of sp³-hybridized carbons (Fsp3) is 0.900. The molecule has 1 heterocycles. The summed E-state index contributed by atoms with van der Waals surface area (Å²) in [6.07, 6.45) is 4.93. The Morgan fingerprint density at radius 1 is 1.50 bits per heavy atom. The molecule has 1 spiro atoms. The normalized spacial score (nSPS) is 30.1. The molecule has 4 heteroatoms. The van der Waals surface area contributed by atoms with Gasteiger partial charge in [0.05, 0.1) is 0 Å². The molecule has 0 bridgehead atoms. The number of nitrogens with one attached hydrogen (secondary N) is 1. The molecule has 1 aliphatic heterocycles. The second-order valence-corrected chi connectivity index (χ2v) is 4.71. The van der Waals surface area contributed by atoms with Crippen LogP contribution in [0.2, 0.25) is 0 Å².